The number of carbonyl (C=O) groups is 1. The fourth-order valence-corrected chi connectivity index (χ4v) is 7.73. The molecule has 1 aliphatic rings. The monoisotopic (exact) mass is 852 g/mol. The molecule has 0 spiro atoms. The van der Waals surface area contributed by atoms with Crippen molar-refractivity contribution in [2.24, 2.45) is 10.8 Å². The second kappa shape index (κ2) is 15.4. The predicted molar refractivity (Wildman–Crippen MR) is 204 cm³/mol. The average Bonchev–Trinajstić information content (AvgIpc) is 3.49. The van der Waals surface area contributed by atoms with Crippen LogP contribution in [0.1, 0.15) is 104 Å². The normalized spacial score (nSPS) is 13.3. The van der Waals surface area contributed by atoms with Gasteiger partial charge in [-0.05, 0) is 67.0 Å². The van der Waals surface area contributed by atoms with Gasteiger partial charge in [-0.1, -0.05) is 97.5 Å². The zero-order chi connectivity index (χ0) is 34.9. The maximum Gasteiger partial charge on any atom is 0.164 e. The number of ketones is 1. The van der Waals surface area contributed by atoms with Gasteiger partial charge in [0.25, 0.3) is 0 Å². The van der Waals surface area contributed by atoms with Crippen LogP contribution in [0.2, 0.25) is 0 Å². The van der Waals surface area contributed by atoms with Crippen molar-refractivity contribution in [1.82, 2.24) is 9.97 Å². The summed E-state index contributed by atoms with van der Waals surface area (Å²) in [5.41, 5.74) is 6.66. The molecule has 261 valence electrons. The zero-order valence-electron chi connectivity index (χ0n) is 30.6. The molecule has 6 rings (SSSR count). The van der Waals surface area contributed by atoms with Gasteiger partial charge in [-0.25, -0.2) is 0 Å². The fourth-order valence-electron chi connectivity index (χ4n) is 6.52. The number of nitrogens with zero attached hydrogens (tertiary/aromatic N) is 2. The van der Waals surface area contributed by atoms with Gasteiger partial charge < -0.3 is 5.11 Å². The summed E-state index contributed by atoms with van der Waals surface area (Å²) in [5, 5.41) is 13.8. The molecule has 0 unspecified atom stereocenters. The van der Waals surface area contributed by atoms with Gasteiger partial charge in [0.15, 0.2) is 5.78 Å². The first-order valence-electron chi connectivity index (χ1n) is 17.6. The van der Waals surface area contributed by atoms with Crippen molar-refractivity contribution in [3.63, 3.8) is 0 Å². The van der Waals surface area contributed by atoms with Crippen molar-refractivity contribution in [3.05, 3.63) is 95.0 Å². The second-order valence-electron chi connectivity index (χ2n) is 14.8. The number of allylic oxidation sites excluding steroid dienone is 2. The fraction of sp³-hybridized carbons (Fsp3) is 0.419. The van der Waals surface area contributed by atoms with Crippen molar-refractivity contribution in [3.8, 4) is 22.4 Å². The van der Waals surface area contributed by atoms with Crippen LogP contribution in [0.5, 0.6) is 0 Å². The minimum absolute atomic E-state index is 0. The summed E-state index contributed by atoms with van der Waals surface area (Å²) in [5.74, 6) is 0.286. The van der Waals surface area contributed by atoms with Crippen molar-refractivity contribution >= 4 is 38.0 Å². The summed E-state index contributed by atoms with van der Waals surface area (Å²) in [4.78, 5) is 23.2. The molecule has 1 radical (unpaired) electrons. The molecule has 0 aliphatic heterocycles. The third-order valence-corrected chi connectivity index (χ3v) is 12.1. The topological polar surface area (TPSA) is 63.1 Å². The van der Waals surface area contributed by atoms with E-state index in [2.05, 4.69) is 74.3 Å². The summed E-state index contributed by atoms with van der Waals surface area (Å²) < 4.78 is 1.30. The van der Waals surface area contributed by atoms with Crippen LogP contribution >= 0.6 is 11.3 Å². The number of hydrogen-bond donors (Lipinski definition) is 1. The summed E-state index contributed by atoms with van der Waals surface area (Å²) in [6, 6.07) is 21.0. The Labute approximate surface area is 310 Å². The van der Waals surface area contributed by atoms with Crippen LogP contribution in [0.15, 0.2) is 72.8 Å². The second-order valence-corrected chi connectivity index (χ2v) is 15.9. The van der Waals surface area contributed by atoms with Crippen molar-refractivity contribution in [1.29, 1.82) is 0 Å². The molecule has 6 heteroatoms. The summed E-state index contributed by atoms with van der Waals surface area (Å²) in [7, 11) is 0. The maximum absolute atomic E-state index is 12.2. The Bertz CT molecular complexity index is 1980. The molecule has 5 aromatic rings. The molecule has 4 nitrogen and oxygen atoms in total. The molecular formula is C43H51IrN2O2S-. The number of benzene rings is 2. The van der Waals surface area contributed by atoms with E-state index < -0.39 is 0 Å². The molecule has 0 atom stereocenters. The summed E-state index contributed by atoms with van der Waals surface area (Å²) in [6.45, 7) is 18.9. The molecule has 0 fully saturated rings. The smallest absolute Gasteiger partial charge is 0.164 e. The minimum Gasteiger partial charge on any atom is -0.512 e. The van der Waals surface area contributed by atoms with Gasteiger partial charge in [-0.3, -0.25) is 14.8 Å². The Morgan fingerprint density at radius 2 is 1.55 bits per heavy atom. The van der Waals surface area contributed by atoms with E-state index in [1.165, 1.54) is 48.8 Å². The van der Waals surface area contributed by atoms with E-state index >= 15 is 0 Å². The SMILES string of the molecule is CC(C)(C)c1cc(-c2nccc3sc4c(c23)-c2cccnc2CC4)[c-]c2ccccc12.CCC(C)(CC)C(=O)/C=C(\O)C(C)(CC)CC.[Ir]. The van der Waals surface area contributed by atoms with Crippen LogP contribution in [-0.2, 0) is 43.2 Å². The zero-order valence-corrected chi connectivity index (χ0v) is 33.8. The van der Waals surface area contributed by atoms with Crippen LogP contribution in [0.4, 0.5) is 0 Å². The Kier molecular flexibility index (Phi) is 12.1. The number of aliphatic hydroxyl groups excluding tert-OH is 1. The van der Waals surface area contributed by atoms with Crippen LogP contribution in [0.25, 0.3) is 43.2 Å². The first kappa shape index (κ1) is 38.6. The minimum atomic E-state index is -0.337. The maximum atomic E-state index is 12.2. The quantitative estimate of drug-likeness (QED) is 0.0960. The Morgan fingerprint density at radius 3 is 2.20 bits per heavy atom. The van der Waals surface area contributed by atoms with Crippen LogP contribution in [0.3, 0.4) is 0 Å². The molecule has 3 heterocycles. The molecule has 0 saturated carbocycles. The van der Waals surface area contributed by atoms with E-state index in [0.29, 0.717) is 0 Å². The molecule has 49 heavy (non-hydrogen) atoms. The number of rotatable bonds is 8. The Hall–Kier alpha value is -3.18. The number of thiophene rings is 1. The van der Waals surface area contributed by atoms with Crippen molar-refractivity contribution in [2.45, 2.75) is 106 Å². The van der Waals surface area contributed by atoms with Crippen LogP contribution in [0, 0.1) is 16.9 Å². The summed E-state index contributed by atoms with van der Waals surface area (Å²) in [6.07, 6.45) is 10.7. The Morgan fingerprint density at radius 1 is 0.878 bits per heavy atom. The largest absolute Gasteiger partial charge is 0.512 e. The first-order valence-corrected chi connectivity index (χ1v) is 18.4. The van der Waals surface area contributed by atoms with Crippen molar-refractivity contribution in [2.75, 3.05) is 0 Å². The standard InChI is InChI=1S/C28H23N2S.C15H28O2.Ir/c1-28(2,3)21-16-18(15-17-7-4-5-8-19(17)21)27-26-24(12-14-30-27)31-23-11-10-22-20(25(23)26)9-6-13-29-22;1-7-14(5,8-2)12(16)11-13(17)15(6,9-3)10-4;/h4-9,12-14,16H,10-11H2,1-3H3;11,16H,7-10H2,1-6H3;/q-1;;/b;12-11-;. The molecule has 0 bridgehead atoms. The number of fused-ring (bicyclic) bond motifs is 6. The van der Waals surface area contributed by atoms with Gasteiger partial charge in [0.2, 0.25) is 0 Å². The molecular weight excluding hydrogens is 801 g/mol. The van der Waals surface area contributed by atoms with Crippen molar-refractivity contribution < 1.29 is 30.0 Å². The van der Waals surface area contributed by atoms with Crippen LogP contribution in [-0.4, -0.2) is 20.9 Å². The number of aromatic nitrogens is 2. The van der Waals surface area contributed by atoms with E-state index in [4.69, 9.17) is 4.98 Å². The molecule has 1 N–H and O–H groups in total. The number of aliphatic hydroxyl groups is 1. The molecule has 0 amide bonds. The third kappa shape index (κ3) is 7.62. The van der Waals surface area contributed by atoms with E-state index in [-0.39, 0.29) is 47.9 Å². The third-order valence-electron chi connectivity index (χ3n) is 10.9. The van der Waals surface area contributed by atoms with Gasteiger partial charge >= 0.3 is 0 Å². The Balaban J connectivity index is 0.000000260. The number of pyridine rings is 2. The first-order chi connectivity index (χ1) is 22.8. The number of aryl methyl sites for hydroxylation is 2. The molecule has 3 aromatic heterocycles. The van der Waals surface area contributed by atoms with Gasteiger partial charge in [0.05, 0.1) is 0 Å². The average molecular weight is 852 g/mol. The van der Waals surface area contributed by atoms with E-state index in [1.54, 1.807) is 0 Å². The number of carbonyl (C=O) groups excluding carboxylic acids is 1. The van der Waals surface area contributed by atoms with Crippen LogP contribution < -0.4 is 0 Å². The molecule has 1 aliphatic carbocycles. The van der Waals surface area contributed by atoms with Gasteiger partial charge in [-0.2, -0.15) is 0 Å². The summed E-state index contributed by atoms with van der Waals surface area (Å²) >= 11 is 1.90. The van der Waals surface area contributed by atoms with Gasteiger partial charge in [0.1, 0.15) is 5.76 Å². The van der Waals surface area contributed by atoms with E-state index in [1.807, 2.05) is 71.3 Å². The molecule has 2 aromatic carbocycles. The van der Waals surface area contributed by atoms with Gasteiger partial charge in [-0.15, -0.1) is 40.5 Å². The molecule has 0 saturated heterocycles. The number of hydrogen-bond acceptors (Lipinski definition) is 5. The van der Waals surface area contributed by atoms with E-state index in [0.717, 1.165) is 55.2 Å². The van der Waals surface area contributed by atoms with Gasteiger partial charge in [0, 0.05) is 75.9 Å². The van der Waals surface area contributed by atoms with E-state index in [9.17, 15) is 9.90 Å². The predicted octanol–water partition coefficient (Wildman–Crippen LogP) is 12.0.